The van der Waals surface area contributed by atoms with Gasteiger partial charge in [0.05, 0.1) is 0 Å². The molecule has 0 aliphatic carbocycles. The van der Waals surface area contributed by atoms with E-state index in [0.29, 0.717) is 23.1 Å². The quantitative estimate of drug-likeness (QED) is 0.660. The van der Waals surface area contributed by atoms with Crippen LogP contribution in [0.25, 0.3) is 10.9 Å². The maximum absolute atomic E-state index is 14.7. The second kappa shape index (κ2) is 8.90. The number of pyridine rings is 1. The summed E-state index contributed by atoms with van der Waals surface area (Å²) in [6.45, 7) is 2.43. The first-order valence-corrected chi connectivity index (χ1v) is 10.1. The number of amides is 2. The number of carbonyl (C=O) groups excluding carboxylic acids is 1. The van der Waals surface area contributed by atoms with Gasteiger partial charge in [-0.05, 0) is 55.5 Å². The third-order valence-electron chi connectivity index (χ3n) is 5.21. The van der Waals surface area contributed by atoms with E-state index in [1.807, 2.05) is 42.5 Å². The second-order valence-electron chi connectivity index (χ2n) is 7.36. The first-order chi connectivity index (χ1) is 14.2. The van der Waals surface area contributed by atoms with Crippen molar-refractivity contribution in [1.29, 1.82) is 0 Å². The zero-order valence-corrected chi connectivity index (χ0v) is 16.3. The lowest BCUT2D eigenvalue weighted by atomic mass is 10.1. The molecule has 2 amide bonds. The molecule has 6 heteroatoms. The summed E-state index contributed by atoms with van der Waals surface area (Å²) in [6, 6.07) is 16.5. The van der Waals surface area contributed by atoms with E-state index in [0.717, 1.165) is 43.7 Å². The van der Waals surface area contributed by atoms with E-state index in [4.69, 9.17) is 0 Å². The van der Waals surface area contributed by atoms with E-state index < -0.39 is 5.82 Å². The number of urea groups is 1. The molecule has 1 aromatic heterocycles. The van der Waals surface area contributed by atoms with E-state index in [9.17, 15) is 9.18 Å². The highest BCUT2D eigenvalue weighted by atomic mass is 19.1. The summed E-state index contributed by atoms with van der Waals surface area (Å²) in [7, 11) is 0. The van der Waals surface area contributed by atoms with Crippen molar-refractivity contribution < 1.29 is 9.18 Å². The number of nitrogens with zero attached hydrogens (tertiary/aromatic N) is 2. The summed E-state index contributed by atoms with van der Waals surface area (Å²) in [4.78, 5) is 18.9. The zero-order chi connectivity index (χ0) is 20.1. The van der Waals surface area contributed by atoms with Crippen LogP contribution in [0.2, 0.25) is 0 Å². The number of anilines is 2. The van der Waals surface area contributed by atoms with Crippen LogP contribution in [0.1, 0.15) is 24.8 Å². The fourth-order valence-electron chi connectivity index (χ4n) is 3.69. The Balaban J connectivity index is 1.40. The Morgan fingerprint density at radius 1 is 1.03 bits per heavy atom. The molecular weight excluding hydrogens is 367 g/mol. The lowest BCUT2D eigenvalue weighted by Crippen LogP contribution is -2.30. The summed E-state index contributed by atoms with van der Waals surface area (Å²) >= 11 is 0. The number of rotatable bonds is 5. The van der Waals surface area contributed by atoms with E-state index >= 15 is 0 Å². The molecule has 0 bridgehead atoms. The SMILES string of the molecule is O=C(NCCc1ccccc1)Nc1cc(F)c2nc(N3CCCCC3)ccc2c1. The average molecular weight is 392 g/mol. The third-order valence-corrected chi connectivity index (χ3v) is 5.21. The molecular formula is C23H25FN4O. The fraction of sp³-hybridized carbons (Fsp3) is 0.304. The van der Waals surface area contributed by atoms with Gasteiger partial charge in [0.15, 0.2) is 5.82 Å². The highest BCUT2D eigenvalue weighted by Crippen LogP contribution is 2.26. The Hall–Kier alpha value is -3.15. The van der Waals surface area contributed by atoms with Crippen LogP contribution in [0.4, 0.5) is 20.7 Å². The van der Waals surface area contributed by atoms with Crippen molar-refractivity contribution >= 4 is 28.4 Å². The molecule has 5 nitrogen and oxygen atoms in total. The summed E-state index contributed by atoms with van der Waals surface area (Å²) in [5, 5.41) is 6.19. The molecule has 1 aliphatic rings. The number of hydrogen-bond donors (Lipinski definition) is 2. The molecule has 1 fully saturated rings. The van der Waals surface area contributed by atoms with Crippen molar-refractivity contribution in [3.8, 4) is 0 Å². The standard InChI is InChI=1S/C23H25FN4O/c24-20-16-19(26-23(29)25-12-11-17-7-3-1-4-8-17)15-18-9-10-21(27-22(18)20)28-13-5-2-6-14-28/h1,3-4,7-10,15-16H,2,5-6,11-14H2,(H2,25,26,29). The Bertz CT molecular complexity index is 987. The van der Waals surface area contributed by atoms with E-state index in [-0.39, 0.29) is 6.03 Å². The molecule has 0 unspecified atom stereocenters. The van der Waals surface area contributed by atoms with Gasteiger partial charge >= 0.3 is 6.03 Å². The zero-order valence-electron chi connectivity index (χ0n) is 16.3. The fourth-order valence-corrected chi connectivity index (χ4v) is 3.69. The van der Waals surface area contributed by atoms with Crippen LogP contribution in [0.15, 0.2) is 54.6 Å². The number of aromatic nitrogens is 1. The number of piperidine rings is 1. The maximum atomic E-state index is 14.7. The largest absolute Gasteiger partial charge is 0.357 e. The Labute approximate surface area is 169 Å². The van der Waals surface area contributed by atoms with Crippen LogP contribution in [-0.2, 0) is 6.42 Å². The van der Waals surface area contributed by atoms with Crippen LogP contribution >= 0.6 is 0 Å². The normalized spacial score (nSPS) is 14.0. The van der Waals surface area contributed by atoms with Crippen molar-refractivity contribution in [2.75, 3.05) is 29.9 Å². The first kappa shape index (κ1) is 19.2. The molecule has 1 saturated heterocycles. The lowest BCUT2D eigenvalue weighted by Gasteiger charge is -2.27. The predicted octanol–water partition coefficient (Wildman–Crippen LogP) is 4.73. The van der Waals surface area contributed by atoms with Gasteiger partial charge < -0.3 is 15.5 Å². The predicted molar refractivity (Wildman–Crippen MR) is 115 cm³/mol. The first-order valence-electron chi connectivity index (χ1n) is 10.1. The number of nitrogens with one attached hydrogen (secondary N) is 2. The van der Waals surface area contributed by atoms with Gasteiger partial charge in [0.2, 0.25) is 0 Å². The molecule has 150 valence electrons. The van der Waals surface area contributed by atoms with Gasteiger partial charge in [-0.15, -0.1) is 0 Å². The highest BCUT2D eigenvalue weighted by molar-refractivity contribution is 5.93. The maximum Gasteiger partial charge on any atom is 0.319 e. The van der Waals surface area contributed by atoms with Crippen molar-refractivity contribution in [3.63, 3.8) is 0 Å². The molecule has 2 heterocycles. The van der Waals surface area contributed by atoms with Crippen LogP contribution in [0.5, 0.6) is 0 Å². The van der Waals surface area contributed by atoms with Gasteiger partial charge in [-0.2, -0.15) is 0 Å². The average Bonchev–Trinajstić information content (AvgIpc) is 2.75. The van der Waals surface area contributed by atoms with E-state index in [2.05, 4.69) is 20.5 Å². The van der Waals surface area contributed by atoms with Crippen LogP contribution in [0.3, 0.4) is 0 Å². The van der Waals surface area contributed by atoms with Crippen LogP contribution in [-0.4, -0.2) is 30.6 Å². The molecule has 2 N–H and O–H groups in total. The number of fused-ring (bicyclic) bond motifs is 1. The lowest BCUT2D eigenvalue weighted by molar-refractivity contribution is 0.252. The van der Waals surface area contributed by atoms with Gasteiger partial charge in [0, 0.05) is 30.7 Å². The second-order valence-corrected chi connectivity index (χ2v) is 7.36. The van der Waals surface area contributed by atoms with Gasteiger partial charge in [-0.25, -0.2) is 14.2 Å². The van der Waals surface area contributed by atoms with Crippen LogP contribution < -0.4 is 15.5 Å². The van der Waals surface area contributed by atoms with Gasteiger partial charge in [0.1, 0.15) is 11.3 Å². The summed E-state index contributed by atoms with van der Waals surface area (Å²) in [5.41, 5.74) is 1.91. The summed E-state index contributed by atoms with van der Waals surface area (Å²) in [5.74, 6) is 0.386. The Kier molecular flexibility index (Phi) is 5.89. The molecule has 2 aromatic carbocycles. The highest BCUT2D eigenvalue weighted by Gasteiger charge is 2.14. The van der Waals surface area contributed by atoms with Crippen LogP contribution in [0, 0.1) is 5.82 Å². The van der Waals surface area contributed by atoms with Gasteiger partial charge in [-0.3, -0.25) is 0 Å². The number of carbonyl (C=O) groups is 1. The number of halogens is 1. The van der Waals surface area contributed by atoms with E-state index in [1.54, 1.807) is 6.07 Å². The van der Waals surface area contributed by atoms with E-state index in [1.165, 1.54) is 12.5 Å². The number of hydrogen-bond acceptors (Lipinski definition) is 3. The minimum atomic E-state index is -0.430. The summed E-state index contributed by atoms with van der Waals surface area (Å²) in [6.07, 6.45) is 4.26. The minimum Gasteiger partial charge on any atom is -0.357 e. The minimum absolute atomic E-state index is 0.336. The molecule has 4 rings (SSSR count). The molecule has 1 aliphatic heterocycles. The molecule has 3 aromatic rings. The molecule has 0 radical (unpaired) electrons. The smallest absolute Gasteiger partial charge is 0.319 e. The molecule has 0 atom stereocenters. The summed E-state index contributed by atoms with van der Waals surface area (Å²) < 4.78 is 14.7. The molecule has 0 saturated carbocycles. The molecule has 29 heavy (non-hydrogen) atoms. The van der Waals surface area contributed by atoms with Crippen molar-refractivity contribution in [3.05, 3.63) is 66.0 Å². The topological polar surface area (TPSA) is 57.3 Å². The van der Waals surface area contributed by atoms with Crippen molar-refractivity contribution in [1.82, 2.24) is 10.3 Å². The monoisotopic (exact) mass is 392 g/mol. The van der Waals surface area contributed by atoms with Gasteiger partial charge in [0.25, 0.3) is 0 Å². The Morgan fingerprint density at radius 3 is 2.62 bits per heavy atom. The van der Waals surface area contributed by atoms with Crippen molar-refractivity contribution in [2.45, 2.75) is 25.7 Å². The third kappa shape index (κ3) is 4.83. The number of benzene rings is 2. The Morgan fingerprint density at radius 2 is 1.83 bits per heavy atom. The van der Waals surface area contributed by atoms with Crippen molar-refractivity contribution in [2.24, 2.45) is 0 Å². The van der Waals surface area contributed by atoms with Gasteiger partial charge in [-0.1, -0.05) is 30.3 Å². The molecule has 0 spiro atoms.